The van der Waals surface area contributed by atoms with Crippen molar-refractivity contribution in [1.82, 2.24) is 4.90 Å². The lowest BCUT2D eigenvalue weighted by Gasteiger charge is -2.64. The molecule has 1 amide bonds. The van der Waals surface area contributed by atoms with Crippen LogP contribution in [0.25, 0.3) is 0 Å². The first-order valence-electron chi connectivity index (χ1n) is 15.2. The summed E-state index contributed by atoms with van der Waals surface area (Å²) in [7, 11) is 1.93. The Morgan fingerprint density at radius 3 is 2.23 bits per heavy atom. The van der Waals surface area contributed by atoms with Gasteiger partial charge in [-0.1, -0.05) is 27.7 Å². The van der Waals surface area contributed by atoms with E-state index in [2.05, 4.69) is 27.7 Å². The van der Waals surface area contributed by atoms with Crippen LogP contribution in [0.4, 0.5) is 4.79 Å². The molecule has 6 fully saturated rings. The van der Waals surface area contributed by atoms with Crippen molar-refractivity contribution in [3.05, 3.63) is 0 Å². The molecule has 218 valence electrons. The SMILES string of the molecule is CC(=O)OCC(=O)C12OC1C[C@@]1(C)[C@@H]3CC[C@H]4C(C)(C)[C@@H](N(C)C(=O)OC(C)(C)C)CCC45C[C@@]35CC[C@]21C. The molecule has 9 atom stereocenters. The number of ketones is 1. The zero-order valence-electron chi connectivity index (χ0n) is 25.6. The van der Waals surface area contributed by atoms with Gasteiger partial charge < -0.3 is 19.1 Å². The summed E-state index contributed by atoms with van der Waals surface area (Å²) in [4.78, 5) is 39.9. The summed E-state index contributed by atoms with van der Waals surface area (Å²) in [6.45, 7) is 16.5. The molecule has 1 heterocycles. The molecule has 7 heteroatoms. The Bertz CT molecular complexity index is 1130. The maximum absolute atomic E-state index is 13.5. The number of carbonyl (C=O) groups is 3. The Balaban J connectivity index is 1.25. The molecule has 39 heavy (non-hydrogen) atoms. The first-order chi connectivity index (χ1) is 17.9. The molecule has 1 saturated heterocycles. The number of ether oxygens (including phenoxy) is 3. The summed E-state index contributed by atoms with van der Waals surface area (Å²) < 4.78 is 17.2. The lowest BCUT2D eigenvalue weighted by atomic mass is 9.41. The van der Waals surface area contributed by atoms with Crippen molar-refractivity contribution >= 4 is 17.8 Å². The van der Waals surface area contributed by atoms with Gasteiger partial charge in [0, 0.05) is 25.4 Å². The average Bonchev–Trinajstić information content (AvgIpc) is 3.68. The van der Waals surface area contributed by atoms with Crippen LogP contribution < -0.4 is 0 Å². The van der Waals surface area contributed by atoms with E-state index in [-0.39, 0.29) is 46.9 Å². The largest absolute Gasteiger partial charge is 0.458 e. The predicted octanol–water partition coefficient (Wildman–Crippen LogP) is 5.92. The van der Waals surface area contributed by atoms with Crippen LogP contribution in [0.15, 0.2) is 0 Å². The number of epoxide rings is 1. The van der Waals surface area contributed by atoms with Gasteiger partial charge in [-0.15, -0.1) is 0 Å². The lowest BCUT2D eigenvalue weighted by molar-refractivity contribution is -0.177. The van der Waals surface area contributed by atoms with Crippen LogP contribution >= 0.6 is 0 Å². The maximum Gasteiger partial charge on any atom is 0.410 e. The van der Waals surface area contributed by atoms with E-state index in [1.54, 1.807) is 0 Å². The van der Waals surface area contributed by atoms with Crippen molar-refractivity contribution in [2.45, 2.75) is 130 Å². The van der Waals surface area contributed by atoms with Crippen molar-refractivity contribution in [1.29, 1.82) is 0 Å². The number of carbonyl (C=O) groups excluding carboxylic acids is 3. The van der Waals surface area contributed by atoms with E-state index < -0.39 is 17.2 Å². The zero-order valence-corrected chi connectivity index (χ0v) is 25.6. The van der Waals surface area contributed by atoms with Gasteiger partial charge in [0.25, 0.3) is 0 Å². The summed E-state index contributed by atoms with van der Waals surface area (Å²) in [6, 6.07) is 0.163. The normalized spacial score (nSPS) is 48.3. The van der Waals surface area contributed by atoms with Gasteiger partial charge in [-0.2, -0.15) is 0 Å². The van der Waals surface area contributed by atoms with Gasteiger partial charge in [-0.25, -0.2) is 4.79 Å². The van der Waals surface area contributed by atoms with E-state index in [4.69, 9.17) is 14.2 Å². The Kier molecular flexibility index (Phi) is 5.51. The molecule has 5 aliphatic carbocycles. The van der Waals surface area contributed by atoms with Crippen molar-refractivity contribution in [2.75, 3.05) is 13.7 Å². The molecule has 6 aliphatic rings. The van der Waals surface area contributed by atoms with Gasteiger partial charge in [-0.3, -0.25) is 9.59 Å². The summed E-state index contributed by atoms with van der Waals surface area (Å²) in [5.41, 5.74) is -0.837. The fourth-order valence-electron chi connectivity index (χ4n) is 11.7. The number of nitrogens with zero attached hydrogens (tertiary/aromatic N) is 1. The van der Waals surface area contributed by atoms with Gasteiger partial charge in [0.2, 0.25) is 5.78 Å². The summed E-state index contributed by atoms with van der Waals surface area (Å²) in [5.74, 6) is 0.686. The van der Waals surface area contributed by atoms with Crippen LogP contribution in [-0.4, -0.2) is 59.7 Å². The fraction of sp³-hybridized carbons (Fsp3) is 0.906. The minimum Gasteiger partial charge on any atom is -0.458 e. The third-order valence-corrected chi connectivity index (χ3v) is 13.4. The first-order valence-corrected chi connectivity index (χ1v) is 15.2. The monoisotopic (exact) mass is 543 g/mol. The quantitative estimate of drug-likeness (QED) is 0.323. The molecule has 0 aromatic heterocycles. The number of rotatable bonds is 4. The van der Waals surface area contributed by atoms with Crippen LogP contribution in [0.2, 0.25) is 0 Å². The average molecular weight is 544 g/mol. The van der Waals surface area contributed by atoms with Crippen molar-refractivity contribution in [2.24, 2.45) is 38.9 Å². The van der Waals surface area contributed by atoms with Crippen LogP contribution in [0.1, 0.15) is 107 Å². The van der Waals surface area contributed by atoms with Crippen LogP contribution in [0, 0.1) is 38.9 Å². The predicted molar refractivity (Wildman–Crippen MR) is 146 cm³/mol. The number of Topliss-reactive ketones (excluding diaryl/α,β-unsaturated/α-hetero) is 1. The van der Waals surface area contributed by atoms with E-state index in [0.29, 0.717) is 22.7 Å². The molecule has 2 spiro atoms. The molecule has 5 saturated carbocycles. The molecule has 0 radical (unpaired) electrons. The second kappa shape index (κ2) is 7.80. The molecule has 0 N–H and O–H groups in total. The van der Waals surface area contributed by atoms with Gasteiger partial charge >= 0.3 is 12.1 Å². The number of amides is 1. The van der Waals surface area contributed by atoms with Gasteiger partial charge in [0.1, 0.15) is 5.60 Å². The molecular weight excluding hydrogens is 494 g/mol. The smallest absolute Gasteiger partial charge is 0.410 e. The maximum atomic E-state index is 13.5. The number of hydrogen-bond acceptors (Lipinski definition) is 6. The van der Waals surface area contributed by atoms with E-state index in [1.165, 1.54) is 32.6 Å². The van der Waals surface area contributed by atoms with E-state index >= 15 is 0 Å². The Morgan fingerprint density at radius 1 is 0.949 bits per heavy atom. The molecule has 7 nitrogen and oxygen atoms in total. The highest BCUT2D eigenvalue weighted by molar-refractivity contribution is 5.94. The Labute approximate surface area is 234 Å². The molecule has 6 rings (SSSR count). The highest BCUT2D eigenvalue weighted by Crippen LogP contribution is 2.90. The van der Waals surface area contributed by atoms with Gasteiger partial charge in [0.15, 0.2) is 12.2 Å². The van der Waals surface area contributed by atoms with E-state index in [9.17, 15) is 14.4 Å². The highest BCUT2D eigenvalue weighted by Gasteiger charge is 2.89. The van der Waals surface area contributed by atoms with E-state index in [1.807, 2.05) is 32.7 Å². The standard InChI is InChI=1S/C32H49NO6/c1-19(34)37-17-23(35)32-24(38-32)16-28(7)21-11-10-20-27(5,6)22(33(9)25(36)39-26(2,3)4)12-13-30(20)18-31(21,30)15-14-29(28,32)8/h20-22,24H,10-18H2,1-9H3/t20-,21-,22-,24?,28-,29-,30?,31-,32?/m0/s1. The summed E-state index contributed by atoms with van der Waals surface area (Å²) in [5, 5.41) is 0. The molecule has 1 aliphatic heterocycles. The van der Waals surface area contributed by atoms with E-state index in [0.717, 1.165) is 25.7 Å². The second-order valence-corrected chi connectivity index (χ2v) is 16.1. The second-order valence-electron chi connectivity index (χ2n) is 16.1. The Morgan fingerprint density at radius 2 is 1.59 bits per heavy atom. The molecular formula is C32H49NO6. The fourth-order valence-corrected chi connectivity index (χ4v) is 11.7. The molecule has 0 bridgehead atoms. The van der Waals surface area contributed by atoms with Crippen molar-refractivity contribution < 1.29 is 28.6 Å². The minimum atomic E-state index is -0.787. The minimum absolute atomic E-state index is 0.00216. The summed E-state index contributed by atoms with van der Waals surface area (Å²) >= 11 is 0. The zero-order chi connectivity index (χ0) is 28.6. The van der Waals surface area contributed by atoms with Gasteiger partial charge in [0.05, 0.1) is 6.10 Å². The van der Waals surface area contributed by atoms with Crippen LogP contribution in [0.3, 0.4) is 0 Å². The van der Waals surface area contributed by atoms with Crippen LogP contribution in [-0.2, 0) is 23.8 Å². The third kappa shape index (κ3) is 3.23. The lowest BCUT2D eigenvalue weighted by Crippen LogP contribution is -2.62. The topological polar surface area (TPSA) is 85.4 Å². The molecule has 3 unspecified atom stereocenters. The number of hydrogen-bond donors (Lipinski definition) is 0. The van der Waals surface area contributed by atoms with Crippen molar-refractivity contribution in [3.63, 3.8) is 0 Å². The number of fused-ring (bicyclic) bond motifs is 4. The number of esters is 1. The Hall–Kier alpha value is -1.63. The highest BCUT2D eigenvalue weighted by atomic mass is 16.6. The van der Waals surface area contributed by atoms with Crippen molar-refractivity contribution in [3.8, 4) is 0 Å². The third-order valence-electron chi connectivity index (χ3n) is 13.4. The molecule has 0 aromatic rings. The van der Waals surface area contributed by atoms with Gasteiger partial charge in [-0.05, 0) is 106 Å². The molecule has 0 aromatic carbocycles. The summed E-state index contributed by atoms with van der Waals surface area (Å²) in [6.07, 6.45) is 8.59. The first kappa shape index (κ1) is 27.5. The van der Waals surface area contributed by atoms with Crippen LogP contribution in [0.5, 0.6) is 0 Å².